The van der Waals surface area contributed by atoms with Crippen molar-refractivity contribution < 1.29 is 5.76 Å². The molecule has 1 fully saturated rings. The molecule has 2 aromatic carbocycles. The van der Waals surface area contributed by atoms with Crippen molar-refractivity contribution in [3.05, 3.63) is 96.0 Å². The van der Waals surface area contributed by atoms with Crippen LogP contribution in [0.15, 0.2) is 79.0 Å². The fourth-order valence-corrected chi connectivity index (χ4v) is 4.81. The van der Waals surface area contributed by atoms with E-state index in [1.165, 1.54) is 12.1 Å². The van der Waals surface area contributed by atoms with Crippen molar-refractivity contribution in [2.24, 2.45) is 5.41 Å². The highest BCUT2D eigenvalue weighted by Crippen LogP contribution is 2.38. The van der Waals surface area contributed by atoms with E-state index in [-0.39, 0.29) is 11.2 Å². The van der Waals surface area contributed by atoms with Crippen LogP contribution < -0.4 is 21.6 Å². The summed E-state index contributed by atoms with van der Waals surface area (Å²) in [6.07, 6.45) is 9.13. The molecule has 0 saturated heterocycles. The van der Waals surface area contributed by atoms with Crippen LogP contribution in [0.25, 0.3) is 22.0 Å². The first-order chi connectivity index (χ1) is 20.1. The number of hydrogen-bond acceptors (Lipinski definition) is 8. The van der Waals surface area contributed by atoms with Gasteiger partial charge < -0.3 is 16.1 Å². The molecule has 1 aliphatic heterocycles. The average molecular weight is 550 g/mol. The zero-order valence-corrected chi connectivity index (χ0v) is 23.3. The van der Waals surface area contributed by atoms with Crippen molar-refractivity contribution in [2.75, 3.05) is 17.2 Å². The number of hydrogen-bond donors (Lipinski definition) is 4. The molecule has 4 aromatic rings. The summed E-state index contributed by atoms with van der Waals surface area (Å²) in [5.74, 6) is -0.374. The van der Waals surface area contributed by atoms with Gasteiger partial charge in [0, 0.05) is 59.6 Å². The fraction of sp³-hybridized carbons (Fsp3) is 0.281. The molecular weight excluding hydrogens is 515 g/mol. The molecule has 41 heavy (non-hydrogen) atoms. The van der Waals surface area contributed by atoms with Gasteiger partial charge in [-0.2, -0.15) is 5.26 Å². The molecule has 0 spiro atoms. The first kappa shape index (κ1) is 25.3. The number of aromatic nitrogens is 2. The van der Waals surface area contributed by atoms with Crippen LogP contribution in [0.2, 0.25) is 0 Å². The Labute approximate surface area is 240 Å². The second kappa shape index (κ2) is 10.7. The van der Waals surface area contributed by atoms with Gasteiger partial charge in [0.2, 0.25) is 0 Å². The largest absolute Gasteiger partial charge is 0.383 e. The fourth-order valence-electron chi connectivity index (χ4n) is 4.81. The molecule has 0 radical (unpaired) electrons. The van der Waals surface area contributed by atoms with Crippen LogP contribution in [0, 0.1) is 22.6 Å². The molecule has 0 amide bonds. The van der Waals surface area contributed by atoms with Crippen LogP contribution in [0.3, 0.4) is 0 Å². The smallest absolute Gasteiger partial charge is 0.123 e. The third-order valence-corrected chi connectivity index (χ3v) is 7.06. The van der Waals surface area contributed by atoms with Gasteiger partial charge in [-0.25, -0.2) is 4.39 Å². The summed E-state index contributed by atoms with van der Waals surface area (Å²) in [6, 6.07) is 14.8. The third-order valence-electron chi connectivity index (χ3n) is 7.06. The zero-order chi connectivity index (χ0) is 29.5. The molecule has 8 nitrogen and oxygen atoms in total. The molecule has 3 heterocycles. The topological polar surface area (TPSA) is 101 Å². The minimum absolute atomic E-state index is 0.0374. The Morgan fingerprint density at radius 1 is 1.20 bits per heavy atom. The molecule has 208 valence electrons. The normalized spacial score (nSPS) is 16.8. The van der Waals surface area contributed by atoms with Gasteiger partial charge in [0.15, 0.2) is 0 Å². The van der Waals surface area contributed by atoms with Gasteiger partial charge in [-0.1, -0.05) is 39.0 Å². The zero-order valence-electron chi connectivity index (χ0n) is 24.3. The Balaban J connectivity index is 1.53. The highest BCUT2D eigenvalue weighted by Gasteiger charge is 2.32. The average Bonchev–Trinajstić information content (AvgIpc) is 3.71. The summed E-state index contributed by atoms with van der Waals surface area (Å²) in [6.45, 7) is 7.02. The quantitative estimate of drug-likeness (QED) is 0.205. The number of pyridine rings is 2. The van der Waals surface area contributed by atoms with Crippen molar-refractivity contribution in [1.29, 1.82) is 5.26 Å². The number of nitrogens with one attached hydrogen (secondary N) is 4. The number of halogens is 1. The summed E-state index contributed by atoms with van der Waals surface area (Å²) < 4.78 is 23.7. The Bertz CT molecular complexity index is 1690. The molecule has 0 bridgehead atoms. The SMILES string of the molecule is [2H][C@@](Nc1cc(-c2cccnc2)c2ncc(C#N)c(NCC(C)(C)C)c2c1)(C1=CN(C2CC2)NN1)c1ccc(F)cc1. The van der Waals surface area contributed by atoms with Crippen molar-refractivity contribution in [1.82, 2.24) is 25.9 Å². The lowest BCUT2D eigenvalue weighted by Crippen LogP contribution is -2.38. The first-order valence-corrected chi connectivity index (χ1v) is 13.7. The maximum Gasteiger partial charge on any atom is 0.123 e. The lowest BCUT2D eigenvalue weighted by molar-refractivity contribution is 0.260. The molecule has 0 unspecified atom stereocenters. The van der Waals surface area contributed by atoms with E-state index >= 15 is 0 Å². The Kier molecular flexibility index (Phi) is 6.61. The summed E-state index contributed by atoms with van der Waals surface area (Å²) in [5, 5.41) is 19.7. The first-order valence-electron chi connectivity index (χ1n) is 14.2. The van der Waals surface area contributed by atoms with Gasteiger partial charge >= 0.3 is 0 Å². The van der Waals surface area contributed by atoms with Crippen molar-refractivity contribution in [3.8, 4) is 17.2 Å². The minimum atomic E-state index is -1.51. The molecule has 2 aromatic heterocycles. The summed E-state index contributed by atoms with van der Waals surface area (Å²) in [7, 11) is 0. The second-order valence-electron chi connectivity index (χ2n) is 11.7. The highest BCUT2D eigenvalue weighted by molar-refractivity contribution is 6.04. The van der Waals surface area contributed by atoms with E-state index in [1.54, 1.807) is 30.7 Å². The number of fused-ring (bicyclic) bond motifs is 1. The van der Waals surface area contributed by atoms with Crippen LogP contribution in [0.5, 0.6) is 0 Å². The van der Waals surface area contributed by atoms with Crippen LogP contribution in [0.4, 0.5) is 15.8 Å². The van der Waals surface area contributed by atoms with Crippen LogP contribution in [-0.4, -0.2) is 27.6 Å². The van der Waals surface area contributed by atoms with E-state index in [1.807, 2.05) is 35.5 Å². The van der Waals surface area contributed by atoms with E-state index in [9.17, 15) is 11.0 Å². The Hall–Kier alpha value is -4.68. The van der Waals surface area contributed by atoms with Gasteiger partial charge in [0.05, 0.1) is 29.9 Å². The van der Waals surface area contributed by atoms with E-state index in [2.05, 4.69) is 53.4 Å². The van der Waals surface area contributed by atoms with E-state index in [4.69, 9.17) is 4.98 Å². The second-order valence-corrected chi connectivity index (χ2v) is 11.7. The molecule has 1 atom stereocenters. The third kappa shape index (κ3) is 5.79. The maximum atomic E-state index is 14.0. The number of hydrazine groups is 2. The van der Waals surface area contributed by atoms with Crippen molar-refractivity contribution >= 4 is 22.3 Å². The molecular formula is C32H33FN8. The Morgan fingerprint density at radius 3 is 2.68 bits per heavy atom. The molecule has 4 N–H and O–H groups in total. The molecule has 6 rings (SSSR count). The number of benzene rings is 2. The predicted octanol–water partition coefficient (Wildman–Crippen LogP) is 6.25. The molecule has 1 aliphatic carbocycles. The van der Waals surface area contributed by atoms with Gasteiger partial charge in [-0.15, -0.1) is 5.53 Å². The van der Waals surface area contributed by atoms with E-state index in [0.717, 1.165) is 29.4 Å². The molecule has 2 aliphatic rings. The minimum Gasteiger partial charge on any atom is -0.383 e. The summed E-state index contributed by atoms with van der Waals surface area (Å²) in [5.41, 5.74) is 11.5. The van der Waals surface area contributed by atoms with Gasteiger partial charge in [0.1, 0.15) is 11.9 Å². The lowest BCUT2D eigenvalue weighted by atomic mass is 9.95. The van der Waals surface area contributed by atoms with Crippen LogP contribution in [-0.2, 0) is 0 Å². The highest BCUT2D eigenvalue weighted by atomic mass is 19.1. The summed E-state index contributed by atoms with van der Waals surface area (Å²) >= 11 is 0. The number of nitriles is 1. The lowest BCUT2D eigenvalue weighted by Gasteiger charge is -2.24. The monoisotopic (exact) mass is 549 g/mol. The maximum absolute atomic E-state index is 14.0. The summed E-state index contributed by atoms with van der Waals surface area (Å²) in [4.78, 5) is 9.03. The van der Waals surface area contributed by atoms with Gasteiger partial charge in [0.25, 0.3) is 0 Å². The van der Waals surface area contributed by atoms with E-state index < -0.39 is 6.02 Å². The van der Waals surface area contributed by atoms with Gasteiger partial charge in [-0.3, -0.25) is 15.0 Å². The number of nitrogens with zero attached hydrogens (tertiary/aromatic N) is 4. The Morgan fingerprint density at radius 2 is 2.00 bits per heavy atom. The molecule has 1 saturated carbocycles. The number of rotatable bonds is 8. The predicted molar refractivity (Wildman–Crippen MR) is 160 cm³/mol. The number of anilines is 2. The van der Waals surface area contributed by atoms with E-state index in [0.29, 0.717) is 46.3 Å². The van der Waals surface area contributed by atoms with Crippen molar-refractivity contribution in [2.45, 2.75) is 45.7 Å². The van der Waals surface area contributed by atoms with Crippen LogP contribution >= 0.6 is 0 Å². The van der Waals surface area contributed by atoms with Crippen molar-refractivity contribution in [3.63, 3.8) is 0 Å². The van der Waals surface area contributed by atoms with Gasteiger partial charge in [-0.05, 0) is 54.2 Å². The molecule has 9 heteroatoms. The standard InChI is InChI=1S/C32H33FN8/c1-32(2,3)19-37-29-22(15-34)17-36-31-26(21-5-4-12-35-16-21)13-24(14-27(29)31)38-30(20-6-8-23(33)9-7-20)28-18-41(40-39-28)25-10-11-25/h4-9,12-14,16-18,25,30,38-40H,10-11,19H2,1-3H3,(H,36,37)/t30-/m0/s1/i30D. The van der Waals surface area contributed by atoms with Crippen LogP contribution in [0.1, 0.15) is 52.1 Å².